The molecule has 1 aromatic heterocycles. The van der Waals surface area contributed by atoms with Crippen molar-refractivity contribution in [2.45, 2.75) is 51.5 Å². The van der Waals surface area contributed by atoms with Crippen molar-refractivity contribution in [2.24, 2.45) is 5.41 Å². The van der Waals surface area contributed by atoms with Crippen LogP contribution in [0, 0.1) is 5.41 Å². The molecule has 1 saturated carbocycles. The van der Waals surface area contributed by atoms with Crippen molar-refractivity contribution in [1.29, 1.82) is 0 Å². The van der Waals surface area contributed by atoms with Gasteiger partial charge < -0.3 is 0 Å². The van der Waals surface area contributed by atoms with Crippen molar-refractivity contribution >= 4 is 0 Å². The lowest BCUT2D eigenvalue weighted by Gasteiger charge is -2.27. The molecule has 0 radical (unpaired) electrons. The van der Waals surface area contributed by atoms with Crippen molar-refractivity contribution in [1.82, 2.24) is 15.1 Å². The van der Waals surface area contributed by atoms with Crippen molar-refractivity contribution in [3.8, 4) is 0 Å². The van der Waals surface area contributed by atoms with Gasteiger partial charge in [0.1, 0.15) is 0 Å². The average Bonchev–Trinajstić information content (AvgIpc) is 2.89. The minimum absolute atomic E-state index is 0.663. The number of rotatable bonds is 2. The number of aromatic amines is 1. The molecule has 0 aromatic carbocycles. The van der Waals surface area contributed by atoms with Crippen LogP contribution < -0.4 is 0 Å². The largest absolute Gasteiger partial charge is 0.297 e. The Kier molecular flexibility index (Phi) is 3.19. The summed E-state index contributed by atoms with van der Waals surface area (Å²) < 4.78 is 0. The number of nitrogens with one attached hydrogen (secondary N) is 1. The van der Waals surface area contributed by atoms with Gasteiger partial charge in [0.25, 0.3) is 0 Å². The van der Waals surface area contributed by atoms with Crippen LogP contribution in [0.15, 0.2) is 12.3 Å². The summed E-state index contributed by atoms with van der Waals surface area (Å²) in [6.07, 6.45) is 12.0. The van der Waals surface area contributed by atoms with Gasteiger partial charge in [0, 0.05) is 25.0 Å². The minimum Gasteiger partial charge on any atom is -0.297 e. The summed E-state index contributed by atoms with van der Waals surface area (Å²) in [6, 6.07) is 2.10. The molecule has 1 saturated heterocycles. The number of H-pyrrole nitrogens is 1. The van der Waals surface area contributed by atoms with Crippen molar-refractivity contribution in [3.63, 3.8) is 0 Å². The zero-order valence-electron chi connectivity index (χ0n) is 10.6. The number of likely N-dealkylation sites (tertiary alicyclic amines) is 1. The van der Waals surface area contributed by atoms with E-state index in [1.165, 1.54) is 63.7 Å². The Labute approximate surface area is 104 Å². The van der Waals surface area contributed by atoms with E-state index >= 15 is 0 Å². The van der Waals surface area contributed by atoms with E-state index in [9.17, 15) is 0 Å². The van der Waals surface area contributed by atoms with E-state index in [2.05, 4.69) is 21.2 Å². The van der Waals surface area contributed by atoms with Crippen LogP contribution in [0.5, 0.6) is 0 Å². The molecule has 3 rings (SSSR count). The summed E-state index contributed by atoms with van der Waals surface area (Å²) in [5.74, 6) is 0. The second-order valence-corrected chi connectivity index (χ2v) is 5.96. The quantitative estimate of drug-likeness (QED) is 0.851. The lowest BCUT2D eigenvalue weighted by molar-refractivity contribution is 0.223. The number of hydrogen-bond acceptors (Lipinski definition) is 2. The van der Waals surface area contributed by atoms with Gasteiger partial charge in [0.15, 0.2) is 0 Å². The van der Waals surface area contributed by atoms with Crippen LogP contribution in [0.2, 0.25) is 0 Å². The van der Waals surface area contributed by atoms with Gasteiger partial charge in [-0.1, -0.05) is 25.7 Å². The lowest BCUT2D eigenvalue weighted by atomic mass is 9.80. The predicted molar refractivity (Wildman–Crippen MR) is 68.6 cm³/mol. The maximum absolute atomic E-state index is 4.03. The SMILES string of the molecule is c1cc(CN2CCC3(CCCCCC3)C2)[nH]n1. The highest BCUT2D eigenvalue weighted by molar-refractivity contribution is 4.99. The molecular formula is C14H23N3. The van der Waals surface area contributed by atoms with Gasteiger partial charge in [-0.25, -0.2) is 0 Å². The summed E-state index contributed by atoms with van der Waals surface area (Å²) in [5, 5.41) is 7.11. The van der Waals surface area contributed by atoms with Crippen LogP contribution in [-0.2, 0) is 6.54 Å². The summed E-state index contributed by atoms with van der Waals surface area (Å²) in [6.45, 7) is 3.65. The van der Waals surface area contributed by atoms with E-state index in [0.717, 1.165) is 6.54 Å². The standard InChI is InChI=1S/C14H23N3/c1-2-4-7-14(6-3-1)8-10-17(12-14)11-13-5-9-15-16-13/h5,9H,1-4,6-8,10-12H2,(H,15,16). The zero-order valence-corrected chi connectivity index (χ0v) is 10.6. The fourth-order valence-electron chi connectivity index (χ4n) is 3.66. The van der Waals surface area contributed by atoms with Crippen LogP contribution in [0.25, 0.3) is 0 Å². The van der Waals surface area contributed by atoms with Crippen molar-refractivity contribution < 1.29 is 0 Å². The Morgan fingerprint density at radius 2 is 2.00 bits per heavy atom. The second-order valence-electron chi connectivity index (χ2n) is 5.96. The predicted octanol–water partition coefficient (Wildman–Crippen LogP) is 2.96. The molecule has 2 fully saturated rings. The first-order valence-electron chi connectivity index (χ1n) is 7.07. The molecule has 3 nitrogen and oxygen atoms in total. The monoisotopic (exact) mass is 233 g/mol. The molecular weight excluding hydrogens is 210 g/mol. The van der Waals surface area contributed by atoms with Gasteiger partial charge >= 0.3 is 0 Å². The Hall–Kier alpha value is -0.830. The third-order valence-electron chi connectivity index (χ3n) is 4.63. The molecule has 1 N–H and O–H groups in total. The number of aromatic nitrogens is 2. The highest BCUT2D eigenvalue weighted by Gasteiger charge is 2.37. The second kappa shape index (κ2) is 4.81. The van der Waals surface area contributed by atoms with Gasteiger partial charge in [-0.15, -0.1) is 0 Å². The van der Waals surface area contributed by atoms with E-state index < -0.39 is 0 Å². The van der Waals surface area contributed by atoms with E-state index in [-0.39, 0.29) is 0 Å². The highest BCUT2D eigenvalue weighted by atomic mass is 15.2. The molecule has 1 aliphatic heterocycles. The molecule has 2 aliphatic rings. The number of hydrogen-bond donors (Lipinski definition) is 1. The van der Waals surface area contributed by atoms with E-state index in [4.69, 9.17) is 0 Å². The third-order valence-corrected chi connectivity index (χ3v) is 4.63. The molecule has 1 spiro atoms. The first-order valence-corrected chi connectivity index (χ1v) is 7.07. The first kappa shape index (κ1) is 11.3. The normalized spacial score (nSPS) is 25.2. The average molecular weight is 233 g/mol. The van der Waals surface area contributed by atoms with E-state index in [1.54, 1.807) is 0 Å². The Balaban J connectivity index is 1.60. The van der Waals surface area contributed by atoms with E-state index in [0.29, 0.717) is 5.41 Å². The van der Waals surface area contributed by atoms with Gasteiger partial charge in [-0.05, 0) is 37.3 Å². The van der Waals surface area contributed by atoms with E-state index in [1.807, 2.05) is 6.20 Å². The summed E-state index contributed by atoms with van der Waals surface area (Å²) in [7, 11) is 0. The molecule has 2 heterocycles. The molecule has 3 heteroatoms. The number of nitrogens with zero attached hydrogens (tertiary/aromatic N) is 2. The van der Waals surface area contributed by atoms with Crippen molar-refractivity contribution in [2.75, 3.05) is 13.1 Å². The highest BCUT2D eigenvalue weighted by Crippen LogP contribution is 2.42. The summed E-state index contributed by atoms with van der Waals surface area (Å²) in [4.78, 5) is 2.61. The fourth-order valence-corrected chi connectivity index (χ4v) is 3.66. The molecule has 0 atom stereocenters. The molecule has 94 valence electrons. The molecule has 1 aliphatic carbocycles. The van der Waals surface area contributed by atoms with Crippen LogP contribution in [-0.4, -0.2) is 28.2 Å². The molecule has 0 bridgehead atoms. The van der Waals surface area contributed by atoms with Gasteiger partial charge in [-0.2, -0.15) is 5.10 Å². The smallest absolute Gasteiger partial charge is 0.0492 e. The minimum atomic E-state index is 0.663. The zero-order chi connectivity index (χ0) is 11.6. The fraction of sp³-hybridized carbons (Fsp3) is 0.786. The van der Waals surface area contributed by atoms with Crippen LogP contribution in [0.3, 0.4) is 0 Å². The topological polar surface area (TPSA) is 31.9 Å². The Morgan fingerprint density at radius 3 is 2.71 bits per heavy atom. The molecule has 17 heavy (non-hydrogen) atoms. The van der Waals surface area contributed by atoms with Gasteiger partial charge in [-0.3, -0.25) is 10.00 Å². The van der Waals surface area contributed by atoms with Crippen LogP contribution >= 0.6 is 0 Å². The van der Waals surface area contributed by atoms with Crippen molar-refractivity contribution in [3.05, 3.63) is 18.0 Å². The van der Waals surface area contributed by atoms with Crippen LogP contribution in [0.1, 0.15) is 50.6 Å². The summed E-state index contributed by atoms with van der Waals surface area (Å²) >= 11 is 0. The van der Waals surface area contributed by atoms with Gasteiger partial charge in [0.05, 0.1) is 0 Å². The molecule has 0 unspecified atom stereocenters. The van der Waals surface area contributed by atoms with Gasteiger partial charge in [0.2, 0.25) is 0 Å². The lowest BCUT2D eigenvalue weighted by Crippen LogP contribution is -2.26. The maximum Gasteiger partial charge on any atom is 0.0492 e. The molecule has 1 aromatic rings. The van der Waals surface area contributed by atoms with Crippen LogP contribution in [0.4, 0.5) is 0 Å². The third kappa shape index (κ3) is 2.54. The summed E-state index contributed by atoms with van der Waals surface area (Å²) in [5.41, 5.74) is 1.92. The first-order chi connectivity index (χ1) is 8.36. The molecule has 0 amide bonds. The Morgan fingerprint density at radius 1 is 1.18 bits per heavy atom. The Bertz CT molecular complexity index is 336. The maximum atomic E-state index is 4.03.